The number of carbonyl (C=O) groups is 3. The molecule has 34 heavy (non-hydrogen) atoms. The Morgan fingerprint density at radius 3 is 2.47 bits per heavy atom. The van der Waals surface area contributed by atoms with Crippen molar-refractivity contribution in [1.29, 1.82) is 0 Å². The van der Waals surface area contributed by atoms with Crippen molar-refractivity contribution in [3.8, 4) is 11.5 Å². The van der Waals surface area contributed by atoms with E-state index >= 15 is 0 Å². The van der Waals surface area contributed by atoms with Gasteiger partial charge in [0.05, 0.1) is 13.2 Å². The number of esters is 2. The quantitative estimate of drug-likeness (QED) is 0.316. The molecule has 1 amide bonds. The molecule has 1 aliphatic rings. The second-order valence-electron chi connectivity index (χ2n) is 8.74. The molecular weight excluding hydrogens is 444 g/mol. The zero-order valence-corrected chi connectivity index (χ0v) is 20.8. The van der Waals surface area contributed by atoms with Gasteiger partial charge in [0.1, 0.15) is 12.1 Å². The van der Waals surface area contributed by atoms with Crippen LogP contribution in [-0.2, 0) is 23.8 Å². The van der Waals surface area contributed by atoms with Crippen molar-refractivity contribution in [1.82, 2.24) is 10.3 Å². The number of methoxy groups -OCH3 is 1. The number of carbonyl (C=O) groups excluding carboxylic acids is 3. The molecule has 10 heteroatoms. The van der Waals surface area contributed by atoms with Gasteiger partial charge < -0.3 is 29.0 Å². The summed E-state index contributed by atoms with van der Waals surface area (Å²) >= 11 is 0. The Kier molecular flexibility index (Phi) is 10.6. The minimum Gasteiger partial charge on any atom is -0.493 e. The maximum Gasteiger partial charge on any atom is 0.328 e. The molecule has 1 heterocycles. The Hall–Kier alpha value is -2.88. The number of ether oxygens (including phenoxy) is 5. The highest BCUT2D eigenvalue weighted by molar-refractivity contribution is 5.98. The van der Waals surface area contributed by atoms with E-state index in [1.807, 2.05) is 20.8 Å². The van der Waals surface area contributed by atoms with Crippen molar-refractivity contribution in [2.45, 2.75) is 72.1 Å². The van der Waals surface area contributed by atoms with E-state index in [1.54, 1.807) is 0 Å². The van der Waals surface area contributed by atoms with Crippen molar-refractivity contribution in [3.63, 3.8) is 0 Å². The van der Waals surface area contributed by atoms with Gasteiger partial charge in [-0.3, -0.25) is 9.59 Å². The van der Waals surface area contributed by atoms with Crippen molar-refractivity contribution < 1.29 is 38.1 Å². The van der Waals surface area contributed by atoms with Crippen LogP contribution in [0.1, 0.15) is 64.4 Å². The third-order valence-corrected chi connectivity index (χ3v) is 5.45. The second kappa shape index (κ2) is 13.1. The van der Waals surface area contributed by atoms with E-state index in [9.17, 15) is 14.4 Å². The highest BCUT2D eigenvalue weighted by Crippen LogP contribution is 2.32. The number of hydrogen-bond acceptors (Lipinski definition) is 9. The van der Waals surface area contributed by atoms with Crippen LogP contribution < -0.4 is 14.8 Å². The van der Waals surface area contributed by atoms with Crippen LogP contribution in [0, 0.1) is 11.8 Å². The average molecular weight is 481 g/mol. The highest BCUT2D eigenvalue weighted by atomic mass is 16.7. The summed E-state index contributed by atoms with van der Waals surface area (Å²) in [6.07, 6.45) is 4.18. The summed E-state index contributed by atoms with van der Waals surface area (Å²) in [6, 6.07) is 0.539. The summed E-state index contributed by atoms with van der Waals surface area (Å²) in [5, 5.41) is 2.58. The van der Waals surface area contributed by atoms with Gasteiger partial charge in [-0.15, -0.1) is 0 Å². The SMILES string of the molecule is COc1ccnc(C(=O)N[C@@H](C)C(=O)O[C@H](C(C)C)[C@H](C)OCCC2CC2)c1OCOC(C)=O. The molecule has 0 unspecified atom stereocenters. The van der Waals surface area contributed by atoms with Crippen LogP contribution in [-0.4, -0.2) is 61.6 Å². The molecule has 3 atom stereocenters. The zero-order valence-electron chi connectivity index (χ0n) is 20.8. The normalized spacial score (nSPS) is 15.7. The lowest BCUT2D eigenvalue weighted by Crippen LogP contribution is -2.44. The van der Waals surface area contributed by atoms with E-state index in [-0.39, 0.29) is 29.2 Å². The van der Waals surface area contributed by atoms with Gasteiger partial charge in [0.25, 0.3) is 5.91 Å². The largest absolute Gasteiger partial charge is 0.493 e. The van der Waals surface area contributed by atoms with Crippen LogP contribution in [0.3, 0.4) is 0 Å². The van der Waals surface area contributed by atoms with Gasteiger partial charge in [-0.2, -0.15) is 0 Å². The van der Waals surface area contributed by atoms with Crippen LogP contribution in [0.15, 0.2) is 12.3 Å². The Labute approximate surface area is 200 Å². The minimum atomic E-state index is -0.957. The summed E-state index contributed by atoms with van der Waals surface area (Å²) in [6.45, 7) is 8.76. The molecule has 1 aromatic rings. The number of amides is 1. The maximum atomic E-state index is 12.9. The second-order valence-corrected chi connectivity index (χ2v) is 8.74. The monoisotopic (exact) mass is 480 g/mol. The summed E-state index contributed by atoms with van der Waals surface area (Å²) in [5.74, 6) is -0.803. The van der Waals surface area contributed by atoms with Crippen LogP contribution in [0.5, 0.6) is 11.5 Å². The Balaban J connectivity index is 1.99. The molecule has 0 radical (unpaired) electrons. The molecule has 1 N–H and O–H groups in total. The number of nitrogens with zero attached hydrogens (tertiary/aromatic N) is 1. The fourth-order valence-corrected chi connectivity index (χ4v) is 3.32. The van der Waals surface area contributed by atoms with E-state index in [4.69, 9.17) is 23.7 Å². The Morgan fingerprint density at radius 2 is 1.88 bits per heavy atom. The third-order valence-electron chi connectivity index (χ3n) is 5.45. The molecule has 0 saturated heterocycles. The summed E-state index contributed by atoms with van der Waals surface area (Å²) in [4.78, 5) is 40.7. The van der Waals surface area contributed by atoms with Crippen LogP contribution >= 0.6 is 0 Å². The van der Waals surface area contributed by atoms with Gasteiger partial charge in [0.15, 0.2) is 17.2 Å². The third kappa shape index (κ3) is 8.48. The number of hydrogen-bond donors (Lipinski definition) is 1. The van der Waals surface area contributed by atoms with Gasteiger partial charge in [-0.05, 0) is 32.1 Å². The molecule has 0 spiro atoms. The van der Waals surface area contributed by atoms with Gasteiger partial charge in [0.2, 0.25) is 6.79 Å². The van der Waals surface area contributed by atoms with Gasteiger partial charge >= 0.3 is 11.9 Å². The Morgan fingerprint density at radius 1 is 1.18 bits per heavy atom. The van der Waals surface area contributed by atoms with E-state index in [2.05, 4.69) is 10.3 Å². The first-order valence-corrected chi connectivity index (χ1v) is 11.6. The van der Waals surface area contributed by atoms with E-state index < -0.39 is 36.8 Å². The topological polar surface area (TPSA) is 122 Å². The molecule has 190 valence electrons. The fourth-order valence-electron chi connectivity index (χ4n) is 3.32. The molecule has 1 saturated carbocycles. The molecule has 10 nitrogen and oxygen atoms in total. The predicted octanol–water partition coefficient (Wildman–Crippen LogP) is 2.88. The first kappa shape index (κ1) is 27.4. The number of nitrogens with one attached hydrogen (secondary N) is 1. The lowest BCUT2D eigenvalue weighted by atomic mass is 10.0. The molecule has 1 aromatic heterocycles. The predicted molar refractivity (Wildman–Crippen MR) is 122 cm³/mol. The van der Waals surface area contributed by atoms with Gasteiger partial charge in [-0.25, -0.2) is 9.78 Å². The van der Waals surface area contributed by atoms with Crippen molar-refractivity contribution in [2.24, 2.45) is 11.8 Å². The smallest absolute Gasteiger partial charge is 0.328 e. The van der Waals surface area contributed by atoms with Crippen LogP contribution in [0.2, 0.25) is 0 Å². The van der Waals surface area contributed by atoms with Crippen molar-refractivity contribution in [2.75, 3.05) is 20.5 Å². The molecule has 2 rings (SSSR count). The zero-order chi connectivity index (χ0) is 25.3. The van der Waals surface area contributed by atoms with Crippen LogP contribution in [0.4, 0.5) is 0 Å². The van der Waals surface area contributed by atoms with E-state index in [1.165, 1.54) is 46.1 Å². The summed E-state index contributed by atoms with van der Waals surface area (Å²) in [7, 11) is 1.40. The highest BCUT2D eigenvalue weighted by Gasteiger charge is 2.30. The Bertz CT molecular complexity index is 840. The van der Waals surface area contributed by atoms with E-state index in [0.717, 1.165) is 12.3 Å². The van der Waals surface area contributed by atoms with Gasteiger partial charge in [0, 0.05) is 25.8 Å². The van der Waals surface area contributed by atoms with E-state index in [0.29, 0.717) is 6.61 Å². The standard InChI is InChI=1S/C24H36N2O8/c1-14(2)21(16(4)31-12-10-18-7-8-18)34-24(29)15(3)26-23(28)20-22(33-13-32-17(5)27)19(30-6)9-11-25-20/h9,11,14-16,18,21H,7-8,10,12-13H2,1-6H3,(H,26,28)/t15-,16-,21+/m0/s1. The minimum absolute atomic E-state index is 0.0120. The molecule has 0 aliphatic heterocycles. The summed E-state index contributed by atoms with van der Waals surface area (Å²) in [5.41, 5.74) is -0.122. The molecule has 0 aromatic carbocycles. The molecule has 1 aliphatic carbocycles. The van der Waals surface area contributed by atoms with Crippen molar-refractivity contribution >= 4 is 17.8 Å². The average Bonchev–Trinajstić information content (AvgIpc) is 3.60. The maximum absolute atomic E-state index is 12.9. The first-order valence-electron chi connectivity index (χ1n) is 11.6. The lowest BCUT2D eigenvalue weighted by molar-refractivity contribution is -0.162. The number of rotatable bonds is 14. The molecular formula is C24H36N2O8. The number of pyridine rings is 1. The first-order chi connectivity index (χ1) is 16.1. The fraction of sp³-hybridized carbons (Fsp3) is 0.667. The lowest BCUT2D eigenvalue weighted by Gasteiger charge is -2.28. The van der Waals surface area contributed by atoms with Crippen molar-refractivity contribution in [3.05, 3.63) is 18.0 Å². The summed E-state index contributed by atoms with van der Waals surface area (Å²) < 4.78 is 27.0. The van der Waals surface area contributed by atoms with Gasteiger partial charge in [-0.1, -0.05) is 26.7 Å². The van der Waals surface area contributed by atoms with Crippen LogP contribution in [0.25, 0.3) is 0 Å². The molecule has 1 fully saturated rings. The molecule has 0 bridgehead atoms. The number of aromatic nitrogens is 1.